The molecule has 11 heavy (non-hydrogen) atoms. The van der Waals surface area contributed by atoms with Crippen LogP contribution in [0.15, 0.2) is 10.5 Å². The number of hydrogen-bond donors (Lipinski definition) is 1. The lowest BCUT2D eigenvalue weighted by Gasteiger charge is -2.03. The van der Waals surface area contributed by atoms with Gasteiger partial charge in [0, 0.05) is 11.6 Å². The molecule has 1 aromatic rings. The van der Waals surface area contributed by atoms with Gasteiger partial charge in [0.15, 0.2) is 5.82 Å². The molecule has 0 aromatic heterocycles. The summed E-state index contributed by atoms with van der Waals surface area (Å²) >= 11 is 2.89. The molecule has 0 atom stereocenters. The smallest absolute Gasteiger partial charge is 0.160 e. The standard InChI is InChI=1S/C7H6BrF2N/c1-3-4(9)2-5(11)7(10)6(3)8/h2H,11H2,1H3. The molecule has 0 aliphatic carbocycles. The van der Waals surface area contributed by atoms with E-state index in [9.17, 15) is 8.78 Å². The average Bonchev–Trinajstić information content (AvgIpc) is 1.97. The molecule has 0 bridgehead atoms. The van der Waals surface area contributed by atoms with E-state index in [0.29, 0.717) is 0 Å². The molecule has 0 aliphatic heterocycles. The summed E-state index contributed by atoms with van der Waals surface area (Å²) in [5, 5.41) is 0. The van der Waals surface area contributed by atoms with E-state index in [-0.39, 0.29) is 15.7 Å². The van der Waals surface area contributed by atoms with Crippen molar-refractivity contribution in [2.75, 3.05) is 5.73 Å². The zero-order valence-electron chi connectivity index (χ0n) is 5.79. The van der Waals surface area contributed by atoms with Crippen LogP contribution in [0.1, 0.15) is 5.56 Å². The first-order chi connectivity index (χ1) is 5.04. The third-order valence-electron chi connectivity index (χ3n) is 1.42. The minimum atomic E-state index is -0.607. The summed E-state index contributed by atoms with van der Waals surface area (Å²) < 4.78 is 25.7. The van der Waals surface area contributed by atoms with Crippen molar-refractivity contribution >= 4 is 21.6 Å². The third kappa shape index (κ3) is 1.35. The largest absolute Gasteiger partial charge is 0.396 e. The quantitative estimate of drug-likeness (QED) is 0.529. The van der Waals surface area contributed by atoms with E-state index in [0.717, 1.165) is 6.07 Å². The molecule has 1 rings (SSSR count). The van der Waals surface area contributed by atoms with Gasteiger partial charge >= 0.3 is 0 Å². The first-order valence-electron chi connectivity index (χ1n) is 2.93. The Labute approximate surface area is 71.3 Å². The molecule has 0 unspecified atom stereocenters. The molecular weight excluding hydrogens is 216 g/mol. The highest BCUT2D eigenvalue weighted by Gasteiger charge is 2.10. The molecule has 2 N–H and O–H groups in total. The maximum atomic E-state index is 12.8. The van der Waals surface area contributed by atoms with Crippen molar-refractivity contribution in [1.29, 1.82) is 0 Å². The van der Waals surface area contributed by atoms with Gasteiger partial charge in [0.25, 0.3) is 0 Å². The summed E-state index contributed by atoms with van der Waals surface area (Å²) in [5.41, 5.74) is 5.20. The number of nitrogens with two attached hydrogens (primary N) is 1. The van der Waals surface area contributed by atoms with Crippen LogP contribution in [-0.2, 0) is 0 Å². The van der Waals surface area contributed by atoms with Gasteiger partial charge in [0.1, 0.15) is 5.82 Å². The van der Waals surface area contributed by atoms with Gasteiger partial charge in [-0.05, 0) is 22.9 Å². The predicted octanol–water partition coefficient (Wildman–Crippen LogP) is 2.62. The Morgan fingerprint density at radius 2 is 2.00 bits per heavy atom. The lowest BCUT2D eigenvalue weighted by molar-refractivity contribution is 0.590. The Bertz CT molecular complexity index is 273. The van der Waals surface area contributed by atoms with Gasteiger partial charge in [-0.15, -0.1) is 0 Å². The van der Waals surface area contributed by atoms with Crippen LogP contribution in [0.5, 0.6) is 0 Å². The van der Waals surface area contributed by atoms with Gasteiger partial charge in [-0.3, -0.25) is 0 Å². The Balaban J connectivity index is 3.46. The highest BCUT2D eigenvalue weighted by Crippen LogP contribution is 2.26. The van der Waals surface area contributed by atoms with Gasteiger partial charge in [-0.2, -0.15) is 0 Å². The van der Waals surface area contributed by atoms with Crippen molar-refractivity contribution in [3.8, 4) is 0 Å². The Morgan fingerprint density at radius 1 is 1.45 bits per heavy atom. The molecule has 1 aromatic carbocycles. The van der Waals surface area contributed by atoms with E-state index < -0.39 is 11.6 Å². The normalized spacial score (nSPS) is 10.2. The van der Waals surface area contributed by atoms with Crippen molar-refractivity contribution in [1.82, 2.24) is 0 Å². The average molecular weight is 222 g/mol. The maximum absolute atomic E-state index is 12.8. The molecule has 60 valence electrons. The second-order valence-electron chi connectivity index (χ2n) is 2.20. The lowest BCUT2D eigenvalue weighted by Crippen LogP contribution is -1.96. The van der Waals surface area contributed by atoms with Gasteiger partial charge in [-0.1, -0.05) is 0 Å². The van der Waals surface area contributed by atoms with Crippen LogP contribution in [0, 0.1) is 18.6 Å². The third-order valence-corrected chi connectivity index (χ3v) is 2.36. The molecule has 1 nitrogen and oxygen atoms in total. The van der Waals surface area contributed by atoms with Crippen molar-refractivity contribution < 1.29 is 8.78 Å². The fraction of sp³-hybridized carbons (Fsp3) is 0.143. The number of hydrogen-bond acceptors (Lipinski definition) is 1. The molecular formula is C7H6BrF2N. The summed E-state index contributed by atoms with van der Waals surface area (Å²) in [5.74, 6) is -1.11. The Morgan fingerprint density at radius 3 is 2.55 bits per heavy atom. The second kappa shape index (κ2) is 2.77. The fourth-order valence-corrected chi connectivity index (χ4v) is 1.12. The van der Waals surface area contributed by atoms with Crippen molar-refractivity contribution in [2.45, 2.75) is 6.92 Å². The summed E-state index contributed by atoms with van der Waals surface area (Å²) in [6.07, 6.45) is 0. The lowest BCUT2D eigenvalue weighted by atomic mass is 10.2. The van der Waals surface area contributed by atoms with Gasteiger partial charge in [0.2, 0.25) is 0 Å². The van der Waals surface area contributed by atoms with Gasteiger partial charge < -0.3 is 5.73 Å². The van der Waals surface area contributed by atoms with E-state index in [1.54, 1.807) is 0 Å². The van der Waals surface area contributed by atoms with Crippen LogP contribution in [0.25, 0.3) is 0 Å². The monoisotopic (exact) mass is 221 g/mol. The minimum Gasteiger partial charge on any atom is -0.396 e. The molecule has 0 fully saturated rings. The van der Waals surface area contributed by atoms with E-state index in [2.05, 4.69) is 15.9 Å². The SMILES string of the molecule is Cc1c(F)cc(N)c(F)c1Br. The van der Waals surface area contributed by atoms with Crippen LogP contribution in [0.4, 0.5) is 14.5 Å². The maximum Gasteiger partial charge on any atom is 0.160 e. The van der Waals surface area contributed by atoms with Crippen LogP contribution in [0.3, 0.4) is 0 Å². The highest BCUT2D eigenvalue weighted by molar-refractivity contribution is 9.10. The molecule has 4 heteroatoms. The van der Waals surface area contributed by atoms with Crippen molar-refractivity contribution in [3.63, 3.8) is 0 Å². The summed E-state index contributed by atoms with van der Waals surface area (Å²) in [6, 6.07) is 0.968. The molecule has 0 heterocycles. The molecule has 0 amide bonds. The van der Waals surface area contributed by atoms with E-state index in [1.807, 2.05) is 0 Å². The van der Waals surface area contributed by atoms with Crippen LogP contribution in [-0.4, -0.2) is 0 Å². The summed E-state index contributed by atoms with van der Waals surface area (Å²) in [4.78, 5) is 0. The van der Waals surface area contributed by atoms with E-state index in [1.165, 1.54) is 6.92 Å². The number of benzene rings is 1. The van der Waals surface area contributed by atoms with Crippen LogP contribution >= 0.6 is 15.9 Å². The molecule has 0 aliphatic rings. The summed E-state index contributed by atoms with van der Waals surface area (Å²) in [6.45, 7) is 1.47. The van der Waals surface area contributed by atoms with Gasteiger partial charge in [-0.25, -0.2) is 8.78 Å². The topological polar surface area (TPSA) is 26.0 Å². The number of halogens is 3. The molecule has 0 spiro atoms. The van der Waals surface area contributed by atoms with Gasteiger partial charge in [0.05, 0.1) is 10.2 Å². The van der Waals surface area contributed by atoms with E-state index >= 15 is 0 Å². The first-order valence-corrected chi connectivity index (χ1v) is 3.73. The fourth-order valence-electron chi connectivity index (χ4n) is 0.704. The summed E-state index contributed by atoms with van der Waals surface area (Å²) in [7, 11) is 0. The van der Waals surface area contributed by atoms with Crippen molar-refractivity contribution in [3.05, 3.63) is 27.7 Å². The minimum absolute atomic E-state index is 0.0926. The zero-order chi connectivity index (χ0) is 8.59. The van der Waals surface area contributed by atoms with Crippen LogP contribution in [0.2, 0.25) is 0 Å². The second-order valence-corrected chi connectivity index (χ2v) is 2.99. The number of nitrogen functional groups attached to an aromatic ring is 1. The first kappa shape index (κ1) is 8.46. The molecule has 0 saturated heterocycles. The number of anilines is 1. The predicted molar refractivity (Wildman–Crippen MR) is 43.2 cm³/mol. The molecule has 0 saturated carbocycles. The number of rotatable bonds is 0. The highest BCUT2D eigenvalue weighted by atomic mass is 79.9. The van der Waals surface area contributed by atoms with Crippen LogP contribution < -0.4 is 5.73 Å². The molecule has 0 radical (unpaired) electrons. The Hall–Kier alpha value is -0.640. The van der Waals surface area contributed by atoms with Crippen molar-refractivity contribution in [2.24, 2.45) is 0 Å². The Kier molecular flexibility index (Phi) is 2.13. The van der Waals surface area contributed by atoms with E-state index in [4.69, 9.17) is 5.73 Å². The zero-order valence-corrected chi connectivity index (χ0v) is 7.37.